The number of hydrogen-bond acceptors (Lipinski definition) is 7. The minimum Gasteiger partial charge on any atom is -0.497 e. The van der Waals surface area contributed by atoms with Gasteiger partial charge in [0, 0.05) is 5.69 Å². The molecule has 162 valence electrons. The zero-order valence-electron chi connectivity index (χ0n) is 17.9. The van der Waals surface area contributed by atoms with Gasteiger partial charge in [-0.25, -0.2) is 0 Å². The van der Waals surface area contributed by atoms with Crippen LogP contribution in [0.15, 0.2) is 65.2 Å². The molecule has 0 saturated carbocycles. The molecule has 0 bridgehead atoms. The Morgan fingerprint density at radius 2 is 1.97 bits per heavy atom. The fourth-order valence-electron chi connectivity index (χ4n) is 2.83. The number of rotatable bonds is 7. The highest BCUT2D eigenvalue weighted by Crippen LogP contribution is 2.21. The molecule has 0 aromatic heterocycles. The van der Waals surface area contributed by atoms with Crippen LogP contribution < -0.4 is 14.8 Å². The van der Waals surface area contributed by atoms with Crippen LogP contribution in [0.1, 0.15) is 11.1 Å². The van der Waals surface area contributed by atoms with Gasteiger partial charge in [-0.3, -0.25) is 9.80 Å². The number of aliphatic imine (C=N–C) groups is 1. The van der Waals surface area contributed by atoms with Gasteiger partial charge in [0.1, 0.15) is 18.0 Å². The van der Waals surface area contributed by atoms with Gasteiger partial charge in [-0.05, 0) is 55.3 Å². The summed E-state index contributed by atoms with van der Waals surface area (Å²) in [5, 5.41) is 9.69. The number of ether oxygens (including phenoxy) is 2. The number of amides is 1. The Morgan fingerprint density at radius 1 is 1.23 bits per heavy atom. The average Bonchev–Trinajstić information content (AvgIpc) is 2.76. The van der Waals surface area contributed by atoms with E-state index >= 15 is 0 Å². The van der Waals surface area contributed by atoms with Crippen molar-refractivity contribution in [3.8, 4) is 11.5 Å². The van der Waals surface area contributed by atoms with E-state index in [1.165, 1.54) is 11.8 Å². The number of amidine groups is 1. The van der Waals surface area contributed by atoms with E-state index in [1.54, 1.807) is 18.2 Å². The number of nitrogens with one attached hydrogen (secondary N) is 1. The standard InChI is InChI=1S/C23H26N4O3S/c1-5-13-27-14-22(30-19-11-9-18(29-4)10-12-19)25-23(26-27)31-15-21(28)24-20-8-6-7-16(2)17(20)3/h5-12H,1,13-15H2,2-4H3,(H,24,28). The smallest absolute Gasteiger partial charge is 0.234 e. The summed E-state index contributed by atoms with van der Waals surface area (Å²) >= 11 is 1.26. The Hall–Kier alpha value is -3.26. The molecular weight excluding hydrogens is 412 g/mol. The third kappa shape index (κ3) is 6.36. The van der Waals surface area contributed by atoms with Crippen LogP contribution in [-0.4, -0.2) is 47.9 Å². The van der Waals surface area contributed by atoms with Gasteiger partial charge in [-0.2, -0.15) is 4.99 Å². The summed E-state index contributed by atoms with van der Waals surface area (Å²) in [6, 6.07) is 13.1. The average molecular weight is 439 g/mol. The fourth-order valence-corrected chi connectivity index (χ4v) is 3.50. The first-order chi connectivity index (χ1) is 15.0. The van der Waals surface area contributed by atoms with Crippen LogP contribution in [0.2, 0.25) is 0 Å². The van der Waals surface area contributed by atoms with E-state index in [1.807, 2.05) is 56.3 Å². The van der Waals surface area contributed by atoms with Crippen molar-refractivity contribution in [1.29, 1.82) is 0 Å². The lowest BCUT2D eigenvalue weighted by molar-refractivity contribution is -0.113. The highest BCUT2D eigenvalue weighted by molar-refractivity contribution is 8.14. The van der Waals surface area contributed by atoms with Crippen LogP contribution in [0.25, 0.3) is 0 Å². The molecule has 1 aliphatic heterocycles. The number of nitrogens with zero attached hydrogens (tertiary/aromatic N) is 3. The molecule has 2 aromatic carbocycles. The van der Waals surface area contributed by atoms with Gasteiger partial charge >= 0.3 is 0 Å². The fraction of sp³-hybridized carbons (Fsp3) is 0.261. The van der Waals surface area contributed by atoms with Crippen LogP contribution in [0, 0.1) is 13.8 Å². The maximum absolute atomic E-state index is 12.5. The van der Waals surface area contributed by atoms with E-state index in [0.29, 0.717) is 29.9 Å². The second-order valence-electron chi connectivity index (χ2n) is 6.89. The maximum atomic E-state index is 12.5. The number of hydrogen-bond donors (Lipinski definition) is 1. The Labute approximate surface area is 186 Å². The molecule has 31 heavy (non-hydrogen) atoms. The van der Waals surface area contributed by atoms with E-state index in [0.717, 1.165) is 22.6 Å². The summed E-state index contributed by atoms with van der Waals surface area (Å²) in [6.07, 6.45) is 1.76. The molecule has 0 fully saturated rings. The van der Waals surface area contributed by atoms with Crippen molar-refractivity contribution in [2.45, 2.75) is 13.8 Å². The zero-order valence-corrected chi connectivity index (χ0v) is 18.7. The van der Waals surface area contributed by atoms with Crippen LogP contribution >= 0.6 is 11.8 Å². The first-order valence-corrected chi connectivity index (χ1v) is 10.8. The van der Waals surface area contributed by atoms with E-state index in [4.69, 9.17) is 9.47 Å². The maximum Gasteiger partial charge on any atom is 0.234 e. The zero-order chi connectivity index (χ0) is 22.2. The van der Waals surface area contributed by atoms with Gasteiger partial charge in [-0.1, -0.05) is 30.0 Å². The van der Waals surface area contributed by atoms with E-state index in [2.05, 4.69) is 22.0 Å². The summed E-state index contributed by atoms with van der Waals surface area (Å²) in [7, 11) is 1.62. The number of hydrazone groups is 1. The normalized spacial score (nSPS) is 13.2. The summed E-state index contributed by atoms with van der Waals surface area (Å²) in [4.78, 5) is 16.9. The van der Waals surface area contributed by atoms with Gasteiger partial charge in [0.2, 0.25) is 17.0 Å². The molecule has 1 aliphatic rings. The van der Waals surface area contributed by atoms with Crippen molar-refractivity contribution in [1.82, 2.24) is 5.01 Å². The second-order valence-corrected chi connectivity index (χ2v) is 7.83. The van der Waals surface area contributed by atoms with Crippen molar-refractivity contribution < 1.29 is 14.3 Å². The van der Waals surface area contributed by atoms with E-state index in [-0.39, 0.29) is 11.7 Å². The largest absolute Gasteiger partial charge is 0.497 e. The number of carbonyl (C=O) groups excluding carboxylic acids is 1. The summed E-state index contributed by atoms with van der Waals surface area (Å²) in [5.41, 5.74) is 3.00. The Morgan fingerprint density at radius 3 is 2.68 bits per heavy atom. The molecule has 7 nitrogen and oxygen atoms in total. The molecule has 1 heterocycles. The molecule has 3 rings (SSSR count). The third-order valence-corrected chi connectivity index (χ3v) is 5.45. The van der Waals surface area contributed by atoms with Crippen LogP contribution in [0.5, 0.6) is 11.5 Å². The monoisotopic (exact) mass is 438 g/mol. The SMILES string of the molecule is C=CCN1CC(Oc2ccc(OC)cc2)=NC(SCC(=O)Nc2cccc(C)c2C)=N1. The van der Waals surface area contributed by atoms with Crippen molar-refractivity contribution in [3.05, 3.63) is 66.2 Å². The van der Waals surface area contributed by atoms with Crippen molar-refractivity contribution in [2.24, 2.45) is 10.1 Å². The van der Waals surface area contributed by atoms with Crippen molar-refractivity contribution >= 4 is 34.4 Å². The van der Waals surface area contributed by atoms with Crippen LogP contribution in [-0.2, 0) is 4.79 Å². The van der Waals surface area contributed by atoms with Gasteiger partial charge in [-0.15, -0.1) is 11.7 Å². The molecule has 0 radical (unpaired) electrons. The summed E-state index contributed by atoms with van der Waals surface area (Å²) < 4.78 is 11.1. The van der Waals surface area contributed by atoms with Gasteiger partial charge < -0.3 is 14.8 Å². The van der Waals surface area contributed by atoms with Crippen LogP contribution in [0.4, 0.5) is 5.69 Å². The minimum atomic E-state index is -0.116. The Bertz CT molecular complexity index is 1000. The number of anilines is 1. The lowest BCUT2D eigenvalue weighted by atomic mass is 10.1. The number of thioether (sulfide) groups is 1. The molecule has 0 spiro atoms. The van der Waals surface area contributed by atoms with Gasteiger partial charge in [0.25, 0.3) is 0 Å². The van der Waals surface area contributed by atoms with E-state index in [9.17, 15) is 4.79 Å². The summed E-state index contributed by atoms with van der Waals surface area (Å²) in [5.74, 6) is 1.97. The number of aryl methyl sites for hydroxylation is 1. The predicted octanol–water partition coefficient (Wildman–Crippen LogP) is 4.23. The van der Waals surface area contributed by atoms with Gasteiger partial charge in [0.15, 0.2) is 0 Å². The Kier molecular flexibility index (Phi) is 7.72. The molecule has 0 saturated heterocycles. The lowest BCUT2D eigenvalue weighted by Gasteiger charge is -2.23. The second kappa shape index (κ2) is 10.7. The highest BCUT2D eigenvalue weighted by Gasteiger charge is 2.18. The predicted molar refractivity (Wildman–Crippen MR) is 127 cm³/mol. The molecule has 8 heteroatoms. The first kappa shape index (κ1) is 22.4. The molecule has 0 atom stereocenters. The lowest BCUT2D eigenvalue weighted by Crippen LogP contribution is -2.33. The summed E-state index contributed by atoms with van der Waals surface area (Å²) in [6.45, 7) is 8.73. The van der Waals surface area contributed by atoms with Crippen LogP contribution in [0.3, 0.4) is 0 Å². The van der Waals surface area contributed by atoms with Gasteiger partial charge in [0.05, 0.1) is 19.4 Å². The molecule has 0 aliphatic carbocycles. The molecule has 1 N–H and O–H groups in total. The molecular formula is C23H26N4O3S. The number of benzene rings is 2. The van der Waals surface area contributed by atoms with Crippen molar-refractivity contribution in [2.75, 3.05) is 31.3 Å². The van der Waals surface area contributed by atoms with Crippen molar-refractivity contribution in [3.63, 3.8) is 0 Å². The molecule has 1 amide bonds. The number of carbonyl (C=O) groups is 1. The quantitative estimate of drug-likeness (QED) is 0.655. The number of methoxy groups -OCH3 is 1. The molecule has 2 aromatic rings. The third-order valence-electron chi connectivity index (χ3n) is 4.61. The minimum absolute atomic E-state index is 0.116. The highest BCUT2D eigenvalue weighted by atomic mass is 32.2. The van der Waals surface area contributed by atoms with E-state index < -0.39 is 0 Å². The first-order valence-electron chi connectivity index (χ1n) is 9.81. The Balaban J connectivity index is 1.64. The topological polar surface area (TPSA) is 75.5 Å². The molecule has 0 unspecified atom stereocenters.